The van der Waals surface area contributed by atoms with E-state index in [1.165, 1.54) is 5.56 Å². The van der Waals surface area contributed by atoms with Gasteiger partial charge in [0.25, 0.3) is 0 Å². The van der Waals surface area contributed by atoms with E-state index in [9.17, 15) is 13.2 Å². The summed E-state index contributed by atoms with van der Waals surface area (Å²) in [5.41, 5.74) is 3.79. The second-order valence-corrected chi connectivity index (χ2v) is 10.6. The van der Waals surface area contributed by atoms with Crippen molar-refractivity contribution in [3.63, 3.8) is 0 Å². The summed E-state index contributed by atoms with van der Waals surface area (Å²) in [7, 11) is -3.49. The van der Waals surface area contributed by atoms with E-state index in [2.05, 4.69) is 24.4 Å². The molecule has 0 saturated carbocycles. The minimum absolute atomic E-state index is 0.0707. The third-order valence-corrected chi connectivity index (χ3v) is 8.17. The number of piperidine rings is 1. The fourth-order valence-electron chi connectivity index (χ4n) is 4.25. The zero-order valence-electron chi connectivity index (χ0n) is 18.0. The van der Waals surface area contributed by atoms with Crippen molar-refractivity contribution in [2.75, 3.05) is 19.6 Å². The Bertz CT molecular complexity index is 1070. The standard InChI is InChI=1S/C25H30N2O3S/c1-19-11-14-27(15-12-19)31(29,30)24-10-9-21-16-23(17-22(21)18-24)25(28)26-13-5-8-20-6-3-2-4-7-20/h2-4,6-7,9-10,17-19H,5,8,11-16H2,1H3,(H,26,28). The molecule has 1 aliphatic carbocycles. The Morgan fingerprint density at radius 3 is 2.58 bits per heavy atom. The number of nitrogens with zero attached hydrogens (tertiary/aromatic N) is 1. The Morgan fingerprint density at radius 1 is 1.10 bits per heavy atom. The largest absolute Gasteiger partial charge is 0.352 e. The zero-order chi connectivity index (χ0) is 21.8. The van der Waals surface area contributed by atoms with Crippen molar-refractivity contribution in [1.29, 1.82) is 0 Å². The summed E-state index contributed by atoms with van der Waals surface area (Å²) < 4.78 is 27.6. The van der Waals surface area contributed by atoms with Crippen LogP contribution in [0.4, 0.5) is 0 Å². The maximum absolute atomic E-state index is 13.0. The molecule has 0 bridgehead atoms. The van der Waals surface area contributed by atoms with Crippen LogP contribution >= 0.6 is 0 Å². The molecule has 1 heterocycles. The molecule has 0 radical (unpaired) electrons. The number of fused-ring (bicyclic) bond motifs is 1. The molecule has 5 nitrogen and oxygen atoms in total. The highest BCUT2D eigenvalue weighted by atomic mass is 32.2. The molecule has 6 heteroatoms. The molecular weight excluding hydrogens is 408 g/mol. The van der Waals surface area contributed by atoms with Crippen LogP contribution in [0, 0.1) is 5.92 Å². The summed E-state index contributed by atoms with van der Waals surface area (Å²) >= 11 is 0. The fraction of sp³-hybridized carbons (Fsp3) is 0.400. The molecule has 164 valence electrons. The molecule has 31 heavy (non-hydrogen) atoms. The first kappa shape index (κ1) is 21.8. The zero-order valence-corrected chi connectivity index (χ0v) is 18.8. The molecule has 1 N–H and O–H groups in total. The van der Waals surface area contributed by atoms with Crippen molar-refractivity contribution in [3.05, 3.63) is 70.8 Å². The van der Waals surface area contributed by atoms with Gasteiger partial charge in [0.1, 0.15) is 0 Å². The molecule has 1 fully saturated rings. The average Bonchev–Trinajstić information content (AvgIpc) is 3.21. The van der Waals surface area contributed by atoms with Gasteiger partial charge in [-0.25, -0.2) is 8.42 Å². The minimum atomic E-state index is -3.49. The van der Waals surface area contributed by atoms with E-state index in [4.69, 9.17) is 0 Å². The Kier molecular flexibility index (Phi) is 6.58. The molecule has 0 aromatic heterocycles. The summed E-state index contributed by atoms with van der Waals surface area (Å²) in [5.74, 6) is 0.502. The van der Waals surface area contributed by atoms with Gasteiger partial charge in [-0.3, -0.25) is 4.79 Å². The highest BCUT2D eigenvalue weighted by molar-refractivity contribution is 7.89. The van der Waals surface area contributed by atoms with Gasteiger partial charge in [-0.05, 0) is 66.5 Å². The summed E-state index contributed by atoms with van der Waals surface area (Å²) in [6.07, 6.45) is 5.99. The Balaban J connectivity index is 1.36. The molecule has 0 unspecified atom stereocenters. The molecule has 0 atom stereocenters. The second kappa shape index (κ2) is 9.37. The number of benzene rings is 2. The topological polar surface area (TPSA) is 66.5 Å². The van der Waals surface area contributed by atoms with Crippen LogP contribution in [-0.2, 0) is 27.7 Å². The first-order valence-corrected chi connectivity index (χ1v) is 12.5. The molecule has 2 aliphatic rings. The third-order valence-electron chi connectivity index (χ3n) is 6.27. The van der Waals surface area contributed by atoms with Crippen LogP contribution in [0.5, 0.6) is 0 Å². The maximum Gasteiger partial charge on any atom is 0.247 e. The van der Waals surface area contributed by atoms with Gasteiger partial charge in [-0.2, -0.15) is 4.31 Å². The van der Waals surface area contributed by atoms with Crippen LogP contribution in [0.2, 0.25) is 0 Å². The number of aryl methyl sites for hydroxylation is 1. The number of sulfonamides is 1. The lowest BCUT2D eigenvalue weighted by Crippen LogP contribution is -2.37. The highest BCUT2D eigenvalue weighted by Gasteiger charge is 2.29. The third kappa shape index (κ3) is 5.08. The van der Waals surface area contributed by atoms with Gasteiger partial charge >= 0.3 is 0 Å². The summed E-state index contributed by atoms with van der Waals surface area (Å²) in [6.45, 7) is 3.94. The highest BCUT2D eigenvalue weighted by Crippen LogP contribution is 2.30. The van der Waals surface area contributed by atoms with Crippen molar-refractivity contribution in [2.45, 2.75) is 43.9 Å². The number of hydrogen-bond acceptors (Lipinski definition) is 3. The maximum atomic E-state index is 13.0. The SMILES string of the molecule is CC1CCN(S(=O)(=O)c2ccc3c(c2)C=C(C(=O)NCCCc2ccccc2)C3)CC1. The van der Waals surface area contributed by atoms with E-state index in [0.717, 1.165) is 36.8 Å². The van der Waals surface area contributed by atoms with Crippen molar-refractivity contribution in [3.8, 4) is 0 Å². The van der Waals surface area contributed by atoms with Crippen LogP contribution in [0.1, 0.15) is 42.9 Å². The molecule has 1 saturated heterocycles. The van der Waals surface area contributed by atoms with Crippen molar-refractivity contribution < 1.29 is 13.2 Å². The van der Waals surface area contributed by atoms with Crippen molar-refractivity contribution >= 4 is 22.0 Å². The number of amides is 1. The van der Waals surface area contributed by atoms with E-state index in [1.807, 2.05) is 30.3 Å². The van der Waals surface area contributed by atoms with Crippen LogP contribution in [0.15, 0.2) is 59.0 Å². The van der Waals surface area contributed by atoms with Gasteiger partial charge in [-0.1, -0.05) is 43.3 Å². The van der Waals surface area contributed by atoms with Crippen molar-refractivity contribution in [1.82, 2.24) is 9.62 Å². The second-order valence-electron chi connectivity index (χ2n) is 8.64. The van der Waals surface area contributed by atoms with Crippen LogP contribution < -0.4 is 5.32 Å². The van der Waals surface area contributed by atoms with Crippen LogP contribution in [0.3, 0.4) is 0 Å². The Labute approximate surface area is 185 Å². The van der Waals surface area contributed by atoms with E-state index in [1.54, 1.807) is 16.4 Å². The number of nitrogens with one attached hydrogen (secondary N) is 1. The molecule has 2 aromatic rings. The lowest BCUT2D eigenvalue weighted by atomic mass is 10.0. The Morgan fingerprint density at radius 2 is 1.84 bits per heavy atom. The van der Waals surface area contributed by atoms with Gasteiger partial charge in [-0.15, -0.1) is 0 Å². The number of carbonyl (C=O) groups excluding carboxylic acids is 1. The average molecular weight is 439 g/mol. The number of hydrogen-bond donors (Lipinski definition) is 1. The Hall–Kier alpha value is -2.44. The normalized spacial score (nSPS) is 17.3. The van der Waals surface area contributed by atoms with E-state index in [-0.39, 0.29) is 5.91 Å². The van der Waals surface area contributed by atoms with Gasteiger partial charge in [0, 0.05) is 31.6 Å². The quantitative estimate of drug-likeness (QED) is 0.669. The fourth-order valence-corrected chi connectivity index (χ4v) is 5.75. The lowest BCUT2D eigenvalue weighted by molar-refractivity contribution is -0.117. The van der Waals surface area contributed by atoms with Gasteiger partial charge < -0.3 is 5.32 Å². The van der Waals surface area contributed by atoms with E-state index >= 15 is 0 Å². The minimum Gasteiger partial charge on any atom is -0.352 e. The lowest BCUT2D eigenvalue weighted by Gasteiger charge is -2.29. The molecule has 4 rings (SSSR count). The molecule has 1 amide bonds. The predicted octanol–water partition coefficient (Wildman–Crippen LogP) is 3.80. The molecule has 2 aromatic carbocycles. The van der Waals surface area contributed by atoms with Crippen molar-refractivity contribution in [2.24, 2.45) is 5.92 Å². The molecular formula is C25H30N2O3S. The summed E-state index contributed by atoms with van der Waals surface area (Å²) in [5, 5.41) is 3.00. The number of carbonyl (C=O) groups is 1. The summed E-state index contributed by atoms with van der Waals surface area (Å²) in [6, 6.07) is 15.5. The molecule has 0 spiro atoms. The van der Waals surface area contributed by atoms with Gasteiger partial charge in [0.2, 0.25) is 15.9 Å². The molecule has 1 aliphatic heterocycles. The monoisotopic (exact) mass is 438 g/mol. The number of rotatable bonds is 7. The van der Waals surface area contributed by atoms with Crippen LogP contribution in [-0.4, -0.2) is 38.3 Å². The van der Waals surface area contributed by atoms with Gasteiger partial charge in [0.05, 0.1) is 4.90 Å². The van der Waals surface area contributed by atoms with E-state index < -0.39 is 10.0 Å². The smallest absolute Gasteiger partial charge is 0.247 e. The van der Waals surface area contributed by atoms with E-state index in [0.29, 0.717) is 42.4 Å². The first-order valence-electron chi connectivity index (χ1n) is 11.1. The van der Waals surface area contributed by atoms with Gasteiger partial charge in [0.15, 0.2) is 0 Å². The first-order chi connectivity index (χ1) is 14.9. The van der Waals surface area contributed by atoms with Crippen LogP contribution in [0.25, 0.3) is 6.08 Å². The predicted molar refractivity (Wildman–Crippen MR) is 123 cm³/mol. The summed E-state index contributed by atoms with van der Waals surface area (Å²) in [4.78, 5) is 12.9.